The molecule has 0 spiro atoms. The molecule has 0 radical (unpaired) electrons. The lowest BCUT2D eigenvalue weighted by atomic mass is 10.3. The topological polar surface area (TPSA) is 15.6 Å². The maximum Gasteiger partial charge on any atom is 0.169 e. The maximum absolute atomic E-state index is 4.80. The maximum atomic E-state index is 4.80. The molecule has 0 aliphatic heterocycles. The third kappa shape index (κ3) is 4.14. The van der Waals surface area contributed by atoms with Crippen LogP contribution >= 0.6 is 11.8 Å². The van der Waals surface area contributed by atoms with Crippen LogP contribution in [0, 0.1) is 0 Å². The first-order valence-electron chi connectivity index (χ1n) is 6.95. The van der Waals surface area contributed by atoms with E-state index < -0.39 is 0 Å². The van der Waals surface area contributed by atoms with E-state index in [0.29, 0.717) is 0 Å². The lowest BCUT2D eigenvalue weighted by Gasteiger charge is -2.22. The summed E-state index contributed by atoms with van der Waals surface area (Å²) in [6.07, 6.45) is 0. The van der Waals surface area contributed by atoms with E-state index in [1.165, 1.54) is 4.90 Å². The van der Waals surface area contributed by atoms with Crippen LogP contribution in [0.3, 0.4) is 0 Å². The number of thioether (sulfide) groups is 1. The second-order valence-electron chi connectivity index (χ2n) is 4.32. The average molecular weight is 284 g/mol. The van der Waals surface area contributed by atoms with E-state index in [9.17, 15) is 0 Å². The molecule has 0 fully saturated rings. The second-order valence-corrected chi connectivity index (χ2v) is 5.36. The fourth-order valence-electron chi connectivity index (χ4n) is 1.86. The summed E-state index contributed by atoms with van der Waals surface area (Å²) in [6, 6.07) is 20.5. The summed E-state index contributed by atoms with van der Waals surface area (Å²) in [5.41, 5.74) is 0.998. The minimum Gasteiger partial charge on any atom is -0.351 e. The van der Waals surface area contributed by atoms with Gasteiger partial charge in [-0.25, -0.2) is 4.99 Å². The van der Waals surface area contributed by atoms with Crippen LogP contribution < -0.4 is 0 Å². The van der Waals surface area contributed by atoms with Crippen LogP contribution in [0.2, 0.25) is 0 Å². The molecule has 0 aliphatic carbocycles. The summed E-state index contributed by atoms with van der Waals surface area (Å²) in [5.74, 6) is 0. The van der Waals surface area contributed by atoms with E-state index in [1.54, 1.807) is 11.8 Å². The van der Waals surface area contributed by atoms with E-state index in [4.69, 9.17) is 4.99 Å². The molecular weight excluding hydrogens is 264 g/mol. The summed E-state index contributed by atoms with van der Waals surface area (Å²) in [5, 5.41) is 1.05. The number of nitrogens with zero attached hydrogens (tertiary/aromatic N) is 2. The Balaban J connectivity index is 2.27. The predicted molar refractivity (Wildman–Crippen MR) is 88.8 cm³/mol. The Morgan fingerprint density at radius 1 is 0.900 bits per heavy atom. The van der Waals surface area contributed by atoms with Crippen molar-refractivity contribution >= 4 is 22.6 Å². The molecule has 0 heterocycles. The SMILES string of the molecule is CCN(CC)C(=Nc1ccccc1)Sc1ccccc1. The van der Waals surface area contributed by atoms with Gasteiger partial charge in [-0.1, -0.05) is 48.2 Å². The van der Waals surface area contributed by atoms with Crippen LogP contribution in [0.15, 0.2) is 70.6 Å². The van der Waals surface area contributed by atoms with Crippen LogP contribution in [-0.2, 0) is 0 Å². The first kappa shape index (κ1) is 14.7. The largest absolute Gasteiger partial charge is 0.351 e. The Morgan fingerprint density at radius 3 is 2.00 bits per heavy atom. The van der Waals surface area contributed by atoms with Crippen LogP contribution in [0.4, 0.5) is 5.69 Å². The molecule has 0 bridgehead atoms. The highest BCUT2D eigenvalue weighted by Crippen LogP contribution is 2.24. The Morgan fingerprint density at radius 2 is 1.45 bits per heavy atom. The molecule has 2 nitrogen and oxygen atoms in total. The molecule has 0 amide bonds. The molecule has 2 rings (SSSR count). The zero-order chi connectivity index (χ0) is 14.2. The van der Waals surface area contributed by atoms with Crippen molar-refractivity contribution in [2.45, 2.75) is 18.7 Å². The van der Waals surface area contributed by atoms with Crippen molar-refractivity contribution in [3.63, 3.8) is 0 Å². The molecule has 0 unspecified atom stereocenters. The smallest absolute Gasteiger partial charge is 0.169 e. The molecule has 2 aromatic rings. The summed E-state index contributed by atoms with van der Waals surface area (Å²) >= 11 is 1.72. The van der Waals surface area contributed by atoms with E-state index in [-0.39, 0.29) is 0 Å². The molecule has 20 heavy (non-hydrogen) atoms. The standard InChI is InChI=1S/C17H20N2S/c1-3-19(4-2)17(18-15-11-7-5-8-12-15)20-16-13-9-6-10-14-16/h5-14H,3-4H2,1-2H3. The number of rotatable bonds is 4. The highest BCUT2D eigenvalue weighted by molar-refractivity contribution is 8.13. The molecule has 0 N–H and O–H groups in total. The van der Waals surface area contributed by atoms with Gasteiger partial charge in [-0.2, -0.15) is 0 Å². The molecule has 2 aromatic carbocycles. The van der Waals surface area contributed by atoms with Gasteiger partial charge in [-0.05, 0) is 38.1 Å². The number of hydrogen-bond donors (Lipinski definition) is 0. The van der Waals surface area contributed by atoms with Gasteiger partial charge >= 0.3 is 0 Å². The monoisotopic (exact) mass is 284 g/mol. The van der Waals surface area contributed by atoms with Crippen LogP contribution in [0.1, 0.15) is 13.8 Å². The number of hydrogen-bond acceptors (Lipinski definition) is 2. The van der Waals surface area contributed by atoms with Gasteiger partial charge in [-0.15, -0.1) is 0 Å². The lowest BCUT2D eigenvalue weighted by molar-refractivity contribution is 0.475. The van der Waals surface area contributed by atoms with Gasteiger partial charge in [0.05, 0.1) is 5.69 Å². The number of aliphatic imine (C=N–C) groups is 1. The lowest BCUT2D eigenvalue weighted by Crippen LogP contribution is -2.28. The van der Waals surface area contributed by atoms with E-state index >= 15 is 0 Å². The number of benzene rings is 2. The molecular formula is C17H20N2S. The van der Waals surface area contributed by atoms with Crippen LogP contribution in [-0.4, -0.2) is 23.2 Å². The van der Waals surface area contributed by atoms with E-state index in [1.807, 2.05) is 36.4 Å². The fraction of sp³-hybridized carbons (Fsp3) is 0.235. The zero-order valence-electron chi connectivity index (χ0n) is 12.0. The Hall–Kier alpha value is -1.74. The minimum absolute atomic E-state index is 0.960. The molecule has 104 valence electrons. The van der Waals surface area contributed by atoms with Gasteiger partial charge in [0.2, 0.25) is 0 Å². The number of para-hydroxylation sites is 1. The Labute approximate surface area is 125 Å². The van der Waals surface area contributed by atoms with Crippen molar-refractivity contribution in [3.05, 3.63) is 60.7 Å². The molecule has 0 saturated carbocycles. The third-order valence-corrected chi connectivity index (χ3v) is 4.01. The van der Waals surface area contributed by atoms with Crippen molar-refractivity contribution in [3.8, 4) is 0 Å². The molecule has 0 aliphatic rings. The molecule has 0 saturated heterocycles. The van der Waals surface area contributed by atoms with Gasteiger partial charge in [-0.3, -0.25) is 0 Å². The normalized spacial score (nSPS) is 11.4. The molecule has 0 atom stereocenters. The van der Waals surface area contributed by atoms with Crippen LogP contribution in [0.5, 0.6) is 0 Å². The number of amidine groups is 1. The first-order valence-corrected chi connectivity index (χ1v) is 7.76. The molecule has 0 aromatic heterocycles. The summed E-state index contributed by atoms with van der Waals surface area (Å²) in [7, 11) is 0. The van der Waals surface area contributed by atoms with Crippen molar-refractivity contribution in [1.82, 2.24) is 4.90 Å². The van der Waals surface area contributed by atoms with Crippen molar-refractivity contribution in [1.29, 1.82) is 0 Å². The molecule has 3 heteroatoms. The highest BCUT2D eigenvalue weighted by atomic mass is 32.2. The fourth-order valence-corrected chi connectivity index (χ4v) is 2.90. The summed E-state index contributed by atoms with van der Waals surface area (Å²) < 4.78 is 0. The quantitative estimate of drug-likeness (QED) is 0.455. The predicted octanol–water partition coefficient (Wildman–Crippen LogP) is 4.81. The van der Waals surface area contributed by atoms with Gasteiger partial charge in [0, 0.05) is 18.0 Å². The van der Waals surface area contributed by atoms with Crippen molar-refractivity contribution in [2.24, 2.45) is 4.99 Å². The summed E-state index contributed by atoms with van der Waals surface area (Å²) in [6.45, 7) is 6.25. The third-order valence-electron chi connectivity index (χ3n) is 2.97. The highest BCUT2D eigenvalue weighted by Gasteiger charge is 2.09. The second kappa shape index (κ2) is 7.75. The zero-order valence-corrected chi connectivity index (χ0v) is 12.8. The van der Waals surface area contributed by atoms with Gasteiger partial charge < -0.3 is 4.90 Å². The van der Waals surface area contributed by atoms with E-state index in [0.717, 1.165) is 23.9 Å². The van der Waals surface area contributed by atoms with Gasteiger partial charge in [0.15, 0.2) is 5.17 Å². The Bertz CT molecular complexity index is 533. The van der Waals surface area contributed by atoms with Gasteiger partial charge in [0.1, 0.15) is 0 Å². The van der Waals surface area contributed by atoms with E-state index in [2.05, 4.69) is 43.0 Å². The minimum atomic E-state index is 0.960. The average Bonchev–Trinajstić information content (AvgIpc) is 2.50. The summed E-state index contributed by atoms with van der Waals surface area (Å²) in [4.78, 5) is 8.30. The van der Waals surface area contributed by atoms with Crippen molar-refractivity contribution in [2.75, 3.05) is 13.1 Å². The van der Waals surface area contributed by atoms with Crippen LogP contribution in [0.25, 0.3) is 0 Å². The van der Waals surface area contributed by atoms with Gasteiger partial charge in [0.25, 0.3) is 0 Å². The Kier molecular flexibility index (Phi) is 5.69. The van der Waals surface area contributed by atoms with Crippen molar-refractivity contribution < 1.29 is 0 Å². The first-order chi connectivity index (χ1) is 9.83.